The summed E-state index contributed by atoms with van der Waals surface area (Å²) in [5, 5.41) is 7.11. The fourth-order valence-electron chi connectivity index (χ4n) is 3.35. The molecule has 0 bridgehead atoms. The number of hydrogen-bond acceptors (Lipinski definition) is 3. The van der Waals surface area contributed by atoms with Crippen molar-refractivity contribution < 1.29 is 9.13 Å². The lowest BCUT2D eigenvalue weighted by molar-refractivity contribution is 0.0247. The van der Waals surface area contributed by atoms with E-state index in [0.717, 1.165) is 57.7 Å². The van der Waals surface area contributed by atoms with Gasteiger partial charge in [-0.05, 0) is 62.2 Å². The van der Waals surface area contributed by atoms with Crippen molar-refractivity contribution in [2.45, 2.75) is 37.8 Å². The number of piperidine rings is 1. The third-order valence-electron chi connectivity index (χ3n) is 4.67. The third kappa shape index (κ3) is 4.86. The van der Waals surface area contributed by atoms with E-state index in [0.29, 0.717) is 17.2 Å². The van der Waals surface area contributed by atoms with Gasteiger partial charge in [0.15, 0.2) is 5.11 Å². The highest BCUT2D eigenvalue weighted by atomic mass is 32.1. The molecule has 2 heterocycles. The smallest absolute Gasteiger partial charge is 0.170 e. The second kappa shape index (κ2) is 8.04. The molecule has 0 spiro atoms. The summed E-state index contributed by atoms with van der Waals surface area (Å²) in [6.45, 7) is 4.02. The Hall–Kier alpha value is -1.24. The Kier molecular flexibility index (Phi) is 5.80. The summed E-state index contributed by atoms with van der Waals surface area (Å²) in [7, 11) is 0. The highest BCUT2D eigenvalue weighted by Crippen LogP contribution is 2.20. The minimum Gasteiger partial charge on any atom is -0.381 e. The first-order valence-corrected chi connectivity index (χ1v) is 8.76. The molecular weight excluding hydrogens is 313 g/mol. The largest absolute Gasteiger partial charge is 0.381 e. The Morgan fingerprint density at radius 3 is 2.39 bits per heavy atom. The topological polar surface area (TPSA) is 36.5 Å². The number of rotatable bonds is 3. The monoisotopic (exact) mass is 337 g/mol. The zero-order valence-electron chi connectivity index (χ0n) is 13.3. The van der Waals surface area contributed by atoms with Gasteiger partial charge in [-0.25, -0.2) is 4.39 Å². The van der Waals surface area contributed by atoms with Gasteiger partial charge in [0, 0.05) is 44.1 Å². The van der Waals surface area contributed by atoms with Crippen molar-refractivity contribution in [3.8, 4) is 0 Å². The molecule has 0 unspecified atom stereocenters. The second-order valence-electron chi connectivity index (χ2n) is 6.26. The number of anilines is 1. The average Bonchev–Trinajstić information content (AvgIpc) is 2.58. The van der Waals surface area contributed by atoms with Gasteiger partial charge < -0.3 is 20.3 Å². The highest BCUT2D eigenvalue weighted by molar-refractivity contribution is 7.80. The highest BCUT2D eigenvalue weighted by Gasteiger charge is 2.26. The van der Waals surface area contributed by atoms with Gasteiger partial charge in [-0.2, -0.15) is 0 Å². The van der Waals surface area contributed by atoms with E-state index < -0.39 is 0 Å². The molecule has 3 rings (SSSR count). The van der Waals surface area contributed by atoms with Crippen LogP contribution in [0.4, 0.5) is 10.1 Å². The predicted octanol–water partition coefficient (Wildman–Crippen LogP) is 2.76. The molecule has 0 radical (unpaired) electrons. The van der Waals surface area contributed by atoms with Crippen molar-refractivity contribution in [2.24, 2.45) is 0 Å². The van der Waals surface area contributed by atoms with E-state index in [1.165, 1.54) is 12.1 Å². The van der Waals surface area contributed by atoms with E-state index in [4.69, 9.17) is 17.0 Å². The van der Waals surface area contributed by atoms with Crippen molar-refractivity contribution in [3.63, 3.8) is 0 Å². The van der Waals surface area contributed by atoms with Crippen LogP contribution in [0.5, 0.6) is 0 Å². The van der Waals surface area contributed by atoms with Crippen molar-refractivity contribution in [1.82, 2.24) is 10.2 Å². The fraction of sp³-hybridized carbons (Fsp3) is 0.588. The van der Waals surface area contributed by atoms with Crippen LogP contribution in [0.15, 0.2) is 24.3 Å². The van der Waals surface area contributed by atoms with Crippen molar-refractivity contribution in [3.05, 3.63) is 30.1 Å². The lowest BCUT2D eigenvalue weighted by Gasteiger charge is -2.39. The number of benzene rings is 1. The molecule has 0 saturated carbocycles. The molecular formula is C17H24FN3OS. The van der Waals surface area contributed by atoms with E-state index in [1.807, 2.05) is 0 Å². The molecule has 23 heavy (non-hydrogen) atoms. The molecule has 0 atom stereocenters. The van der Waals surface area contributed by atoms with E-state index in [1.54, 1.807) is 12.1 Å². The van der Waals surface area contributed by atoms with Crippen LogP contribution in [0.1, 0.15) is 25.7 Å². The zero-order valence-corrected chi connectivity index (χ0v) is 14.1. The number of hydrogen-bond donors (Lipinski definition) is 2. The van der Waals surface area contributed by atoms with Gasteiger partial charge in [-0.15, -0.1) is 0 Å². The molecule has 1 aromatic carbocycles. The molecule has 4 nitrogen and oxygen atoms in total. The van der Waals surface area contributed by atoms with Crippen LogP contribution in [0.25, 0.3) is 0 Å². The number of halogens is 1. The van der Waals surface area contributed by atoms with Crippen LogP contribution in [-0.4, -0.2) is 48.4 Å². The summed E-state index contributed by atoms with van der Waals surface area (Å²) in [5.74, 6) is -0.241. The average molecular weight is 337 g/mol. The quantitative estimate of drug-likeness (QED) is 0.830. The second-order valence-corrected chi connectivity index (χ2v) is 6.67. The first-order valence-electron chi connectivity index (χ1n) is 8.35. The van der Waals surface area contributed by atoms with Crippen molar-refractivity contribution in [2.75, 3.05) is 31.6 Å². The Labute approximate surface area is 142 Å². The maximum atomic E-state index is 12.9. The van der Waals surface area contributed by atoms with E-state index in [-0.39, 0.29) is 5.82 Å². The maximum absolute atomic E-state index is 12.9. The number of thiocarbonyl (C=S) groups is 1. The Morgan fingerprint density at radius 2 is 1.74 bits per heavy atom. The molecule has 0 amide bonds. The van der Waals surface area contributed by atoms with Crippen molar-refractivity contribution >= 4 is 23.0 Å². The van der Waals surface area contributed by atoms with Crippen LogP contribution in [0, 0.1) is 5.82 Å². The van der Waals surface area contributed by atoms with Gasteiger partial charge in [0.25, 0.3) is 0 Å². The molecule has 2 N–H and O–H groups in total. The van der Waals surface area contributed by atoms with E-state index in [9.17, 15) is 4.39 Å². The lowest BCUT2D eigenvalue weighted by atomic mass is 10.00. The van der Waals surface area contributed by atoms with Gasteiger partial charge in [0.2, 0.25) is 0 Å². The van der Waals surface area contributed by atoms with Crippen LogP contribution in [-0.2, 0) is 4.74 Å². The molecule has 2 saturated heterocycles. The molecule has 0 aliphatic carbocycles. The minimum atomic E-state index is -0.241. The minimum absolute atomic E-state index is 0.241. The summed E-state index contributed by atoms with van der Waals surface area (Å²) in [4.78, 5) is 2.59. The fourth-order valence-corrected chi connectivity index (χ4v) is 3.63. The molecule has 6 heteroatoms. The molecule has 1 aromatic rings. The van der Waals surface area contributed by atoms with E-state index >= 15 is 0 Å². The number of ether oxygens (including phenoxy) is 1. The molecule has 2 aliphatic heterocycles. The molecule has 2 aliphatic rings. The maximum Gasteiger partial charge on any atom is 0.170 e. The van der Waals surface area contributed by atoms with Crippen LogP contribution >= 0.6 is 12.2 Å². The van der Waals surface area contributed by atoms with Crippen LogP contribution in [0.3, 0.4) is 0 Å². The molecule has 0 aromatic heterocycles. The zero-order chi connectivity index (χ0) is 16.1. The SMILES string of the molecule is Fc1ccc(NC(=S)NC2CCN(C3CCOCC3)CC2)cc1. The summed E-state index contributed by atoms with van der Waals surface area (Å²) >= 11 is 5.36. The Morgan fingerprint density at radius 1 is 1.09 bits per heavy atom. The summed E-state index contributed by atoms with van der Waals surface area (Å²) < 4.78 is 18.3. The van der Waals surface area contributed by atoms with Crippen molar-refractivity contribution in [1.29, 1.82) is 0 Å². The third-order valence-corrected chi connectivity index (χ3v) is 4.89. The summed E-state index contributed by atoms with van der Waals surface area (Å²) in [6, 6.07) is 7.34. The first-order chi connectivity index (χ1) is 11.2. The number of nitrogens with one attached hydrogen (secondary N) is 2. The molecule has 126 valence electrons. The van der Waals surface area contributed by atoms with E-state index in [2.05, 4.69) is 15.5 Å². The Bertz CT molecular complexity index is 511. The normalized spacial score (nSPS) is 21.1. The summed E-state index contributed by atoms with van der Waals surface area (Å²) in [5.41, 5.74) is 0.809. The first kappa shape index (κ1) is 16.6. The van der Waals surface area contributed by atoms with Crippen LogP contribution < -0.4 is 10.6 Å². The summed E-state index contributed by atoms with van der Waals surface area (Å²) in [6.07, 6.45) is 4.51. The lowest BCUT2D eigenvalue weighted by Crippen LogP contribution is -2.49. The van der Waals surface area contributed by atoms with Gasteiger partial charge in [0.1, 0.15) is 5.82 Å². The predicted molar refractivity (Wildman–Crippen MR) is 94.2 cm³/mol. The van der Waals surface area contributed by atoms with Gasteiger partial charge in [-0.1, -0.05) is 0 Å². The number of likely N-dealkylation sites (tertiary alicyclic amines) is 1. The van der Waals surface area contributed by atoms with Gasteiger partial charge in [-0.3, -0.25) is 0 Å². The molecule has 2 fully saturated rings. The standard InChI is InChI=1S/C17H24FN3OS/c18-13-1-3-14(4-2-13)19-17(23)20-15-5-9-21(10-6-15)16-7-11-22-12-8-16/h1-4,15-16H,5-12H2,(H2,19,20,23). The van der Waals surface area contributed by atoms with Crippen LogP contribution in [0.2, 0.25) is 0 Å². The van der Waals surface area contributed by atoms with Gasteiger partial charge >= 0.3 is 0 Å². The number of nitrogens with zero attached hydrogens (tertiary/aromatic N) is 1. The van der Waals surface area contributed by atoms with Gasteiger partial charge in [0.05, 0.1) is 0 Å². The Balaban J connectivity index is 1.41.